The van der Waals surface area contributed by atoms with E-state index in [0.717, 1.165) is 34.7 Å². The quantitative estimate of drug-likeness (QED) is 0.130. The molecule has 0 bridgehead atoms. The summed E-state index contributed by atoms with van der Waals surface area (Å²) in [6.07, 6.45) is 5.57. The molecule has 6 rings (SSSR count). The lowest BCUT2D eigenvalue weighted by Gasteiger charge is -2.27. The van der Waals surface area contributed by atoms with E-state index < -0.39 is 11.8 Å². The molecule has 0 fully saturated rings. The zero-order valence-corrected chi connectivity index (χ0v) is 24.4. The monoisotopic (exact) mass is 586 g/mol. The lowest BCUT2D eigenvalue weighted by atomic mass is 9.93. The molecule has 0 aliphatic carbocycles. The standard InChI is InChI=1S/C35H30N4O5/c1-3-4-16-42-28-13-11-25(12-14-28)33-26(21-39(37-33)27-8-6-5-7-9-27)18-29-23(2)30(19-36)35(41)38(34(29)40)20-24-10-15-31-32(17-24)44-22-43-31/h5-15,17-18,21H,3-4,16,20,22H2,1-2H3/b29-18+. The summed E-state index contributed by atoms with van der Waals surface area (Å²) in [5.41, 5.74) is 4.13. The van der Waals surface area contributed by atoms with Crippen LogP contribution >= 0.6 is 0 Å². The molecule has 3 heterocycles. The summed E-state index contributed by atoms with van der Waals surface area (Å²) in [6.45, 7) is 4.47. The van der Waals surface area contributed by atoms with E-state index in [1.165, 1.54) is 0 Å². The Morgan fingerprint density at radius 1 is 1.00 bits per heavy atom. The van der Waals surface area contributed by atoms with Crippen LogP contribution in [0.25, 0.3) is 23.0 Å². The number of nitriles is 1. The van der Waals surface area contributed by atoms with Gasteiger partial charge in [-0.1, -0.05) is 37.6 Å². The second-order valence-electron chi connectivity index (χ2n) is 10.5. The van der Waals surface area contributed by atoms with Gasteiger partial charge in [-0.3, -0.25) is 14.5 Å². The SMILES string of the molecule is CCCCOc1ccc(-c2nn(-c3ccccc3)cc2/C=C2/C(=O)N(Cc3ccc4c(c3)OCO4)C(=O)C(C#N)=C2C)cc1. The fourth-order valence-electron chi connectivity index (χ4n) is 5.12. The highest BCUT2D eigenvalue weighted by Crippen LogP contribution is 2.35. The van der Waals surface area contributed by atoms with Crippen LogP contribution in [0, 0.1) is 11.3 Å². The van der Waals surface area contributed by atoms with Gasteiger partial charge in [0, 0.05) is 22.9 Å². The predicted octanol–water partition coefficient (Wildman–Crippen LogP) is 6.24. The number of para-hydroxylation sites is 1. The number of fused-ring (bicyclic) bond motifs is 1. The number of rotatable bonds is 9. The van der Waals surface area contributed by atoms with Crippen LogP contribution in [0.5, 0.6) is 17.2 Å². The summed E-state index contributed by atoms with van der Waals surface area (Å²) in [7, 11) is 0. The van der Waals surface area contributed by atoms with Crippen LogP contribution in [0.3, 0.4) is 0 Å². The van der Waals surface area contributed by atoms with Crippen molar-refractivity contribution in [2.45, 2.75) is 33.2 Å². The third-order valence-electron chi connectivity index (χ3n) is 7.56. The Kier molecular flexibility index (Phi) is 7.98. The molecule has 0 saturated carbocycles. The highest BCUT2D eigenvalue weighted by Gasteiger charge is 2.36. The zero-order chi connectivity index (χ0) is 30.6. The van der Waals surface area contributed by atoms with Crippen molar-refractivity contribution < 1.29 is 23.8 Å². The molecule has 0 spiro atoms. The maximum Gasteiger partial charge on any atom is 0.271 e. The van der Waals surface area contributed by atoms with Crippen LogP contribution in [0.15, 0.2) is 95.7 Å². The van der Waals surface area contributed by atoms with E-state index in [2.05, 4.69) is 6.92 Å². The number of benzene rings is 3. The van der Waals surface area contributed by atoms with Gasteiger partial charge in [0.1, 0.15) is 17.4 Å². The summed E-state index contributed by atoms with van der Waals surface area (Å²) >= 11 is 0. The number of aromatic nitrogens is 2. The fraction of sp³-hybridized carbons (Fsp3) is 0.200. The maximum atomic E-state index is 13.9. The molecule has 220 valence electrons. The number of unbranched alkanes of at least 4 members (excludes halogenated alkanes) is 1. The molecule has 0 N–H and O–H groups in total. The Hall–Kier alpha value is -5.62. The van der Waals surface area contributed by atoms with Gasteiger partial charge in [0.15, 0.2) is 11.5 Å². The number of carbonyl (C=O) groups excluding carboxylic acids is 2. The van der Waals surface area contributed by atoms with Crippen LogP contribution in [-0.2, 0) is 16.1 Å². The molecule has 9 heteroatoms. The van der Waals surface area contributed by atoms with Gasteiger partial charge in [-0.2, -0.15) is 10.4 Å². The molecule has 3 aromatic carbocycles. The van der Waals surface area contributed by atoms with Crippen molar-refractivity contribution in [2.24, 2.45) is 0 Å². The van der Waals surface area contributed by atoms with E-state index in [-0.39, 0.29) is 24.5 Å². The first-order valence-electron chi connectivity index (χ1n) is 14.4. The number of hydrogen-bond acceptors (Lipinski definition) is 7. The van der Waals surface area contributed by atoms with Crippen molar-refractivity contribution >= 4 is 17.9 Å². The highest BCUT2D eigenvalue weighted by molar-refractivity contribution is 6.19. The van der Waals surface area contributed by atoms with Crippen molar-refractivity contribution in [2.75, 3.05) is 13.4 Å². The lowest BCUT2D eigenvalue weighted by Crippen LogP contribution is -2.42. The van der Waals surface area contributed by atoms with E-state index in [4.69, 9.17) is 19.3 Å². The van der Waals surface area contributed by atoms with Gasteiger partial charge in [-0.05, 0) is 79.1 Å². The largest absolute Gasteiger partial charge is 0.494 e. The zero-order valence-electron chi connectivity index (χ0n) is 24.4. The van der Waals surface area contributed by atoms with Gasteiger partial charge in [0.05, 0.1) is 24.5 Å². The number of amides is 2. The van der Waals surface area contributed by atoms with Gasteiger partial charge in [0.25, 0.3) is 11.8 Å². The Morgan fingerprint density at radius 3 is 2.52 bits per heavy atom. The number of imide groups is 1. The van der Waals surface area contributed by atoms with Crippen molar-refractivity contribution in [1.29, 1.82) is 5.26 Å². The van der Waals surface area contributed by atoms with Crippen molar-refractivity contribution in [3.63, 3.8) is 0 Å². The minimum absolute atomic E-state index is 0.0280. The normalized spacial score (nSPS) is 15.2. The van der Waals surface area contributed by atoms with E-state index >= 15 is 0 Å². The van der Waals surface area contributed by atoms with Crippen LogP contribution in [0.1, 0.15) is 37.8 Å². The third kappa shape index (κ3) is 5.57. The molecular weight excluding hydrogens is 556 g/mol. The second-order valence-corrected chi connectivity index (χ2v) is 10.5. The topological polar surface area (TPSA) is 107 Å². The molecule has 0 saturated heterocycles. The first-order chi connectivity index (χ1) is 21.5. The van der Waals surface area contributed by atoms with E-state index in [9.17, 15) is 14.9 Å². The summed E-state index contributed by atoms with van der Waals surface area (Å²) in [5, 5.41) is 14.8. The molecule has 4 aromatic rings. The van der Waals surface area contributed by atoms with Crippen molar-refractivity contribution in [3.8, 4) is 40.3 Å². The minimum Gasteiger partial charge on any atom is -0.494 e. The van der Waals surface area contributed by atoms with E-state index in [1.807, 2.05) is 66.9 Å². The summed E-state index contributed by atoms with van der Waals surface area (Å²) in [6, 6.07) is 24.6. The molecule has 1 aromatic heterocycles. The van der Waals surface area contributed by atoms with Crippen LogP contribution < -0.4 is 14.2 Å². The molecule has 0 unspecified atom stereocenters. The molecule has 44 heavy (non-hydrogen) atoms. The minimum atomic E-state index is -0.635. The molecule has 2 aliphatic heterocycles. The number of hydrogen-bond donors (Lipinski definition) is 0. The Morgan fingerprint density at radius 2 is 1.77 bits per heavy atom. The molecule has 0 atom stereocenters. The molecule has 2 amide bonds. The molecular formula is C35H30N4O5. The van der Waals surface area contributed by atoms with Crippen LogP contribution in [0.4, 0.5) is 0 Å². The lowest BCUT2D eigenvalue weighted by molar-refractivity contribution is -0.141. The van der Waals surface area contributed by atoms with Gasteiger partial charge >= 0.3 is 0 Å². The Bertz CT molecular complexity index is 1830. The first-order valence-corrected chi connectivity index (χ1v) is 14.4. The smallest absolute Gasteiger partial charge is 0.271 e. The molecule has 9 nitrogen and oxygen atoms in total. The number of ether oxygens (including phenoxy) is 3. The summed E-state index contributed by atoms with van der Waals surface area (Å²) in [5.74, 6) is 0.776. The first kappa shape index (κ1) is 28.5. The Labute approximate surface area is 255 Å². The number of nitrogens with zero attached hydrogens (tertiary/aromatic N) is 4. The average molecular weight is 587 g/mol. The van der Waals surface area contributed by atoms with Crippen molar-refractivity contribution in [1.82, 2.24) is 14.7 Å². The average Bonchev–Trinajstić information content (AvgIpc) is 3.70. The van der Waals surface area contributed by atoms with Gasteiger partial charge in [-0.15, -0.1) is 0 Å². The molecule has 0 radical (unpaired) electrons. The van der Waals surface area contributed by atoms with E-state index in [1.54, 1.807) is 35.9 Å². The molecule has 2 aliphatic rings. The van der Waals surface area contributed by atoms with Crippen LogP contribution in [0.2, 0.25) is 0 Å². The fourth-order valence-corrected chi connectivity index (χ4v) is 5.12. The maximum absolute atomic E-state index is 13.9. The summed E-state index contributed by atoms with van der Waals surface area (Å²) in [4.78, 5) is 28.4. The Balaban J connectivity index is 1.40. The van der Waals surface area contributed by atoms with E-state index in [0.29, 0.717) is 40.5 Å². The van der Waals surface area contributed by atoms with Gasteiger partial charge < -0.3 is 14.2 Å². The summed E-state index contributed by atoms with van der Waals surface area (Å²) < 4.78 is 18.4. The van der Waals surface area contributed by atoms with Gasteiger partial charge in [-0.25, -0.2) is 4.68 Å². The van der Waals surface area contributed by atoms with Gasteiger partial charge in [0.2, 0.25) is 6.79 Å². The number of carbonyl (C=O) groups is 2. The second kappa shape index (κ2) is 12.3. The third-order valence-corrected chi connectivity index (χ3v) is 7.56. The van der Waals surface area contributed by atoms with Crippen molar-refractivity contribution in [3.05, 3.63) is 107 Å². The predicted molar refractivity (Wildman–Crippen MR) is 164 cm³/mol. The highest BCUT2D eigenvalue weighted by atomic mass is 16.7. The van der Waals surface area contributed by atoms with Crippen LogP contribution in [-0.4, -0.2) is 39.9 Å².